The first-order valence-electron chi connectivity index (χ1n) is 16.2. The summed E-state index contributed by atoms with van der Waals surface area (Å²) in [6.07, 6.45) is 5.24. The van der Waals surface area contributed by atoms with Gasteiger partial charge in [0.2, 0.25) is 0 Å². The predicted octanol–water partition coefficient (Wildman–Crippen LogP) is 4.45. The van der Waals surface area contributed by atoms with E-state index in [1.807, 2.05) is 48.7 Å². The SMILES string of the molecule is COCCN1CCN(c2ccc(Nc3cc(-c4cccc(-n5ncc6cc(C(C)(C)C)ccc6c5=O)c4CO)cn(C)c3=O)nc2)CC1. The Labute approximate surface area is 280 Å². The number of hydrogen-bond acceptors (Lipinski definition) is 9. The van der Waals surface area contributed by atoms with Crippen molar-refractivity contribution in [3.63, 3.8) is 0 Å². The number of aliphatic hydroxyl groups excluding tert-OH is 1. The van der Waals surface area contributed by atoms with E-state index in [-0.39, 0.29) is 23.1 Å². The number of anilines is 3. The molecule has 4 heterocycles. The van der Waals surface area contributed by atoms with Crippen molar-refractivity contribution in [1.82, 2.24) is 24.2 Å². The van der Waals surface area contributed by atoms with Gasteiger partial charge in [-0.25, -0.2) is 4.98 Å². The molecule has 0 radical (unpaired) electrons. The maximum atomic E-state index is 13.7. The molecule has 250 valence electrons. The number of pyridine rings is 2. The standard InChI is InChI=1S/C37H43N7O4/c1-37(2,3)27-9-11-30-25(19-27)21-39-44(35(30)46)33-8-6-7-29(31(33)24-45)26-20-32(36(47)41(4)23-26)40-34-12-10-28(22-38-34)43-15-13-42(14-16-43)17-18-48-5/h6-12,19-23,45H,13-18,24H2,1-5H3,(H,38,40). The lowest BCUT2D eigenvalue weighted by Gasteiger charge is -2.35. The zero-order chi connectivity index (χ0) is 34.0. The maximum Gasteiger partial charge on any atom is 0.279 e. The van der Waals surface area contributed by atoms with Crippen LogP contribution in [-0.4, -0.2) is 75.8 Å². The van der Waals surface area contributed by atoms with Gasteiger partial charge in [-0.15, -0.1) is 0 Å². The second-order valence-corrected chi connectivity index (χ2v) is 13.3. The fraction of sp³-hybridized carbons (Fsp3) is 0.351. The summed E-state index contributed by atoms with van der Waals surface area (Å²) in [5, 5.41) is 19.6. The molecule has 3 aromatic heterocycles. The molecule has 0 spiro atoms. The number of aliphatic hydroxyl groups is 1. The molecule has 2 N–H and O–H groups in total. The van der Waals surface area contributed by atoms with Crippen LogP contribution in [-0.2, 0) is 23.8 Å². The number of fused-ring (bicyclic) bond motifs is 1. The predicted molar refractivity (Wildman–Crippen MR) is 191 cm³/mol. The largest absolute Gasteiger partial charge is 0.392 e. The third kappa shape index (κ3) is 6.75. The Bertz CT molecular complexity index is 2040. The first kappa shape index (κ1) is 33.1. The van der Waals surface area contributed by atoms with Crippen molar-refractivity contribution < 1.29 is 9.84 Å². The van der Waals surface area contributed by atoms with E-state index in [0.29, 0.717) is 39.3 Å². The quantitative estimate of drug-likeness (QED) is 0.239. The third-order valence-corrected chi connectivity index (χ3v) is 9.04. The third-order valence-electron chi connectivity index (χ3n) is 9.04. The normalized spacial score (nSPS) is 14.1. The molecular weight excluding hydrogens is 606 g/mol. The molecule has 0 aliphatic carbocycles. The van der Waals surface area contributed by atoms with E-state index in [9.17, 15) is 14.7 Å². The van der Waals surface area contributed by atoms with Crippen molar-refractivity contribution in [3.05, 3.63) is 105 Å². The van der Waals surface area contributed by atoms with Gasteiger partial charge >= 0.3 is 0 Å². The van der Waals surface area contributed by atoms with Crippen molar-refractivity contribution in [2.24, 2.45) is 7.05 Å². The zero-order valence-corrected chi connectivity index (χ0v) is 28.2. The minimum absolute atomic E-state index is 0.0647. The topological polar surface area (TPSA) is 118 Å². The smallest absolute Gasteiger partial charge is 0.279 e. The molecule has 48 heavy (non-hydrogen) atoms. The first-order chi connectivity index (χ1) is 23.1. The van der Waals surface area contributed by atoms with E-state index in [1.165, 1.54) is 9.25 Å². The van der Waals surface area contributed by atoms with E-state index >= 15 is 0 Å². The van der Waals surface area contributed by atoms with Crippen molar-refractivity contribution in [2.45, 2.75) is 32.8 Å². The van der Waals surface area contributed by atoms with E-state index in [4.69, 9.17) is 4.74 Å². The van der Waals surface area contributed by atoms with Crippen molar-refractivity contribution >= 4 is 28.0 Å². The van der Waals surface area contributed by atoms with Crippen LogP contribution in [0.3, 0.4) is 0 Å². The summed E-state index contributed by atoms with van der Waals surface area (Å²) in [4.78, 5) is 36.2. The van der Waals surface area contributed by atoms with E-state index < -0.39 is 0 Å². The van der Waals surface area contributed by atoms with Gasteiger partial charge in [0, 0.05) is 69.6 Å². The molecule has 11 nitrogen and oxygen atoms in total. The monoisotopic (exact) mass is 649 g/mol. The minimum atomic E-state index is -0.337. The molecule has 6 rings (SSSR count). The highest BCUT2D eigenvalue weighted by molar-refractivity contribution is 5.82. The number of aryl methyl sites for hydroxylation is 1. The van der Waals surface area contributed by atoms with Crippen molar-refractivity contribution in [3.8, 4) is 16.8 Å². The van der Waals surface area contributed by atoms with Crippen LogP contribution in [0.2, 0.25) is 0 Å². The lowest BCUT2D eigenvalue weighted by atomic mass is 9.86. The highest BCUT2D eigenvalue weighted by atomic mass is 16.5. The van der Waals surface area contributed by atoms with Crippen LogP contribution >= 0.6 is 0 Å². The fourth-order valence-electron chi connectivity index (χ4n) is 6.18. The Morgan fingerprint density at radius 1 is 0.958 bits per heavy atom. The second kappa shape index (κ2) is 13.7. The number of aromatic nitrogens is 4. The maximum absolute atomic E-state index is 13.7. The van der Waals surface area contributed by atoms with Crippen LogP contribution in [0.1, 0.15) is 31.9 Å². The number of ether oxygens (including phenoxy) is 1. The van der Waals surface area contributed by atoms with Gasteiger partial charge in [-0.3, -0.25) is 14.5 Å². The molecular formula is C37H43N7O4. The number of piperazine rings is 1. The second-order valence-electron chi connectivity index (χ2n) is 13.3. The van der Waals surface area contributed by atoms with Crippen LogP contribution < -0.4 is 21.3 Å². The van der Waals surface area contributed by atoms with Crippen LogP contribution in [0.15, 0.2) is 82.8 Å². The molecule has 11 heteroatoms. The Balaban J connectivity index is 1.28. The molecule has 2 aromatic carbocycles. The van der Waals surface area contributed by atoms with Crippen molar-refractivity contribution in [1.29, 1.82) is 0 Å². The lowest BCUT2D eigenvalue weighted by Crippen LogP contribution is -2.47. The zero-order valence-electron chi connectivity index (χ0n) is 28.2. The molecule has 0 bridgehead atoms. The molecule has 0 amide bonds. The fourth-order valence-corrected chi connectivity index (χ4v) is 6.18. The average molecular weight is 650 g/mol. The van der Waals surface area contributed by atoms with Crippen LogP contribution in [0.4, 0.5) is 17.2 Å². The highest BCUT2D eigenvalue weighted by Gasteiger charge is 2.20. The van der Waals surface area contributed by atoms with Crippen LogP contribution in [0, 0.1) is 0 Å². The van der Waals surface area contributed by atoms with E-state index in [1.54, 1.807) is 38.7 Å². The lowest BCUT2D eigenvalue weighted by molar-refractivity contribution is 0.144. The van der Waals surface area contributed by atoms with Gasteiger partial charge in [0.25, 0.3) is 11.1 Å². The molecule has 0 atom stereocenters. The number of hydrogen-bond donors (Lipinski definition) is 2. The number of nitrogens with zero attached hydrogens (tertiary/aromatic N) is 6. The van der Waals surface area contributed by atoms with E-state index in [0.717, 1.165) is 56.0 Å². The number of nitrogens with one attached hydrogen (secondary N) is 1. The Kier molecular flexibility index (Phi) is 9.45. The van der Waals surface area contributed by atoms with Crippen LogP contribution in [0.25, 0.3) is 27.6 Å². The average Bonchev–Trinajstić information content (AvgIpc) is 3.09. The van der Waals surface area contributed by atoms with Gasteiger partial charge in [0.05, 0.1) is 42.4 Å². The Morgan fingerprint density at radius 3 is 2.44 bits per heavy atom. The number of rotatable bonds is 9. The molecule has 0 unspecified atom stereocenters. The van der Waals surface area contributed by atoms with E-state index in [2.05, 4.69) is 46.0 Å². The highest BCUT2D eigenvalue weighted by Crippen LogP contribution is 2.30. The van der Waals surface area contributed by atoms with Gasteiger partial charge in [-0.1, -0.05) is 39.0 Å². The summed E-state index contributed by atoms with van der Waals surface area (Å²) in [6.45, 7) is 11.5. The summed E-state index contributed by atoms with van der Waals surface area (Å²) in [7, 11) is 3.41. The van der Waals surface area contributed by atoms with Gasteiger partial charge in [-0.2, -0.15) is 9.78 Å². The summed E-state index contributed by atoms with van der Waals surface area (Å²) in [5.74, 6) is 0.546. The summed E-state index contributed by atoms with van der Waals surface area (Å²) >= 11 is 0. The summed E-state index contributed by atoms with van der Waals surface area (Å²) in [5.41, 5.74) is 4.29. The summed E-state index contributed by atoms with van der Waals surface area (Å²) in [6, 6.07) is 16.9. The molecule has 1 fully saturated rings. The first-order valence-corrected chi connectivity index (χ1v) is 16.2. The van der Waals surface area contributed by atoms with Gasteiger partial charge in [0.15, 0.2) is 0 Å². The van der Waals surface area contributed by atoms with Crippen LogP contribution in [0.5, 0.6) is 0 Å². The Hall–Kier alpha value is -4.84. The summed E-state index contributed by atoms with van der Waals surface area (Å²) < 4.78 is 8.04. The number of methoxy groups -OCH3 is 1. The molecule has 0 saturated carbocycles. The van der Waals surface area contributed by atoms with Gasteiger partial charge < -0.3 is 24.6 Å². The molecule has 1 aliphatic rings. The molecule has 5 aromatic rings. The number of benzene rings is 2. The van der Waals surface area contributed by atoms with Crippen molar-refractivity contribution in [2.75, 3.05) is 56.7 Å². The van der Waals surface area contributed by atoms with Gasteiger partial charge in [-0.05, 0) is 52.9 Å². The minimum Gasteiger partial charge on any atom is -0.392 e. The molecule has 1 aliphatic heterocycles. The van der Waals surface area contributed by atoms with Gasteiger partial charge in [0.1, 0.15) is 11.5 Å². The Morgan fingerprint density at radius 2 is 1.75 bits per heavy atom. The molecule has 1 saturated heterocycles.